The summed E-state index contributed by atoms with van der Waals surface area (Å²) < 4.78 is 0. The monoisotopic (exact) mass is 248 g/mol. The van der Waals surface area contributed by atoms with Gasteiger partial charge in [-0.05, 0) is 44.4 Å². The molecule has 0 aromatic heterocycles. The van der Waals surface area contributed by atoms with Crippen LogP contribution in [0.25, 0.3) is 0 Å². The van der Waals surface area contributed by atoms with E-state index in [9.17, 15) is 9.59 Å². The zero-order valence-corrected chi connectivity index (χ0v) is 10.8. The molecule has 3 aliphatic rings. The molecule has 3 fully saturated rings. The van der Waals surface area contributed by atoms with Gasteiger partial charge in [-0.3, -0.25) is 9.59 Å². The first-order valence-electron chi connectivity index (χ1n) is 6.82. The summed E-state index contributed by atoms with van der Waals surface area (Å²) in [6.07, 6.45) is 5.91. The Morgan fingerprint density at radius 1 is 1.39 bits per heavy atom. The van der Waals surface area contributed by atoms with Crippen LogP contribution in [0.3, 0.4) is 0 Å². The second-order valence-electron chi connectivity index (χ2n) is 5.95. The number of nitrogens with one attached hydrogen (secondary N) is 1. The fraction of sp³-hybridized carbons (Fsp3) is 0.714. The number of hydrogen-bond acceptors (Lipinski definition) is 2. The lowest BCUT2D eigenvalue weighted by Crippen LogP contribution is -2.70. The molecule has 98 valence electrons. The first-order chi connectivity index (χ1) is 8.59. The van der Waals surface area contributed by atoms with Crippen LogP contribution in [0.2, 0.25) is 0 Å². The van der Waals surface area contributed by atoms with Crippen LogP contribution in [0.15, 0.2) is 12.7 Å². The molecule has 1 saturated heterocycles. The van der Waals surface area contributed by atoms with Gasteiger partial charge in [-0.2, -0.15) is 0 Å². The molecule has 2 saturated carbocycles. The van der Waals surface area contributed by atoms with Crippen molar-refractivity contribution in [2.75, 3.05) is 6.54 Å². The molecule has 1 N–H and O–H groups in total. The van der Waals surface area contributed by atoms with Gasteiger partial charge in [-0.25, -0.2) is 0 Å². The third-order valence-corrected chi connectivity index (χ3v) is 4.62. The Labute approximate surface area is 107 Å². The molecule has 2 atom stereocenters. The smallest absolute Gasteiger partial charge is 0.246 e. The summed E-state index contributed by atoms with van der Waals surface area (Å²) in [5.41, 5.74) is -0.656. The largest absolute Gasteiger partial charge is 0.342 e. The minimum Gasteiger partial charge on any atom is -0.342 e. The average molecular weight is 248 g/mol. The van der Waals surface area contributed by atoms with E-state index in [1.165, 1.54) is 0 Å². The quantitative estimate of drug-likeness (QED) is 0.757. The van der Waals surface area contributed by atoms with Crippen molar-refractivity contribution in [2.24, 2.45) is 11.8 Å². The molecule has 2 aliphatic carbocycles. The highest BCUT2D eigenvalue weighted by molar-refractivity contribution is 6.00. The van der Waals surface area contributed by atoms with Crippen molar-refractivity contribution < 1.29 is 9.59 Å². The molecule has 2 unspecified atom stereocenters. The normalized spacial score (nSPS) is 36.5. The van der Waals surface area contributed by atoms with Gasteiger partial charge >= 0.3 is 0 Å². The van der Waals surface area contributed by atoms with Gasteiger partial charge in [0, 0.05) is 6.54 Å². The summed E-state index contributed by atoms with van der Waals surface area (Å²) in [6.45, 7) is 6.10. The SMILES string of the molecule is C=CCN1C(=O)C(C2CC2)NC(=O)C1(C)C1CC1. The van der Waals surface area contributed by atoms with E-state index in [1.54, 1.807) is 11.0 Å². The number of amides is 2. The van der Waals surface area contributed by atoms with Crippen molar-refractivity contribution in [3.8, 4) is 0 Å². The minimum absolute atomic E-state index is 0.0309. The lowest BCUT2D eigenvalue weighted by atomic mass is 9.87. The number of nitrogens with zero attached hydrogens (tertiary/aromatic N) is 1. The van der Waals surface area contributed by atoms with E-state index in [4.69, 9.17) is 0 Å². The molecule has 0 aromatic rings. The fourth-order valence-corrected chi connectivity index (χ4v) is 3.08. The predicted octanol–water partition coefficient (Wildman–Crippen LogP) is 1.08. The molecule has 0 spiro atoms. The number of rotatable bonds is 4. The van der Waals surface area contributed by atoms with Gasteiger partial charge in [0.2, 0.25) is 11.8 Å². The van der Waals surface area contributed by atoms with E-state index < -0.39 is 5.54 Å². The highest BCUT2D eigenvalue weighted by atomic mass is 16.2. The van der Waals surface area contributed by atoms with Gasteiger partial charge in [-0.15, -0.1) is 6.58 Å². The Morgan fingerprint density at radius 3 is 2.56 bits per heavy atom. The van der Waals surface area contributed by atoms with Gasteiger partial charge in [0.25, 0.3) is 0 Å². The first kappa shape index (κ1) is 11.8. The van der Waals surface area contributed by atoms with Crippen LogP contribution in [0.5, 0.6) is 0 Å². The number of carbonyl (C=O) groups excluding carboxylic acids is 2. The number of carbonyl (C=O) groups is 2. The van der Waals surface area contributed by atoms with E-state index in [2.05, 4.69) is 11.9 Å². The van der Waals surface area contributed by atoms with Crippen molar-refractivity contribution in [1.29, 1.82) is 0 Å². The topological polar surface area (TPSA) is 49.4 Å². The van der Waals surface area contributed by atoms with Crippen LogP contribution in [0.4, 0.5) is 0 Å². The average Bonchev–Trinajstić information content (AvgIpc) is 3.17. The standard InChI is InChI=1S/C14H20N2O2/c1-3-8-16-12(17)11(9-4-5-9)15-13(18)14(16,2)10-6-7-10/h3,9-11H,1,4-8H2,2H3,(H,15,18). The Morgan fingerprint density at radius 2 is 2.06 bits per heavy atom. The summed E-state index contributed by atoms with van der Waals surface area (Å²) >= 11 is 0. The zero-order chi connectivity index (χ0) is 12.9. The molecule has 0 bridgehead atoms. The summed E-state index contributed by atoms with van der Waals surface area (Å²) in [5.74, 6) is 0.800. The Balaban J connectivity index is 1.91. The molecule has 0 aromatic carbocycles. The first-order valence-corrected chi connectivity index (χ1v) is 6.82. The van der Waals surface area contributed by atoms with Crippen LogP contribution in [-0.2, 0) is 9.59 Å². The van der Waals surface area contributed by atoms with Crippen molar-refractivity contribution >= 4 is 11.8 Å². The molecule has 3 rings (SSSR count). The van der Waals surface area contributed by atoms with Crippen LogP contribution >= 0.6 is 0 Å². The lowest BCUT2D eigenvalue weighted by Gasteiger charge is -2.46. The van der Waals surface area contributed by atoms with E-state index in [-0.39, 0.29) is 17.9 Å². The minimum atomic E-state index is -0.656. The van der Waals surface area contributed by atoms with Gasteiger partial charge in [0.05, 0.1) is 0 Å². The van der Waals surface area contributed by atoms with Crippen LogP contribution in [0, 0.1) is 11.8 Å². The van der Waals surface area contributed by atoms with Gasteiger partial charge in [0.15, 0.2) is 0 Å². The molecule has 2 amide bonds. The highest BCUT2D eigenvalue weighted by Crippen LogP contribution is 2.46. The third kappa shape index (κ3) is 1.58. The fourth-order valence-electron chi connectivity index (χ4n) is 3.08. The van der Waals surface area contributed by atoms with Gasteiger partial charge in [0.1, 0.15) is 11.6 Å². The Kier molecular flexibility index (Phi) is 2.50. The van der Waals surface area contributed by atoms with Gasteiger partial charge in [-0.1, -0.05) is 6.08 Å². The Bertz CT molecular complexity index is 412. The zero-order valence-electron chi connectivity index (χ0n) is 10.8. The Hall–Kier alpha value is -1.32. The maximum atomic E-state index is 12.6. The summed E-state index contributed by atoms with van der Waals surface area (Å²) in [7, 11) is 0. The second kappa shape index (κ2) is 3.84. The molecule has 4 nitrogen and oxygen atoms in total. The summed E-state index contributed by atoms with van der Waals surface area (Å²) in [5, 5.41) is 2.96. The predicted molar refractivity (Wildman–Crippen MR) is 67.7 cm³/mol. The highest BCUT2D eigenvalue weighted by Gasteiger charge is 2.58. The summed E-state index contributed by atoms with van der Waals surface area (Å²) in [4.78, 5) is 26.7. The third-order valence-electron chi connectivity index (χ3n) is 4.62. The molecule has 18 heavy (non-hydrogen) atoms. The van der Waals surface area contributed by atoms with Crippen LogP contribution < -0.4 is 5.32 Å². The molecule has 1 heterocycles. The van der Waals surface area contributed by atoms with Crippen LogP contribution in [0.1, 0.15) is 32.6 Å². The van der Waals surface area contributed by atoms with Crippen molar-refractivity contribution in [3.63, 3.8) is 0 Å². The van der Waals surface area contributed by atoms with Gasteiger partial charge < -0.3 is 10.2 Å². The molecule has 1 aliphatic heterocycles. The summed E-state index contributed by atoms with van der Waals surface area (Å²) in [6, 6.07) is -0.288. The van der Waals surface area contributed by atoms with Crippen molar-refractivity contribution in [3.05, 3.63) is 12.7 Å². The molecule has 4 heteroatoms. The number of piperazine rings is 1. The van der Waals surface area contributed by atoms with E-state index in [0.29, 0.717) is 18.4 Å². The number of hydrogen-bond donors (Lipinski definition) is 1. The second-order valence-corrected chi connectivity index (χ2v) is 5.95. The maximum Gasteiger partial charge on any atom is 0.246 e. The maximum absolute atomic E-state index is 12.6. The van der Waals surface area contributed by atoms with Crippen molar-refractivity contribution in [1.82, 2.24) is 10.2 Å². The van der Waals surface area contributed by atoms with E-state index in [0.717, 1.165) is 25.7 Å². The van der Waals surface area contributed by atoms with Crippen LogP contribution in [-0.4, -0.2) is 34.8 Å². The van der Waals surface area contributed by atoms with E-state index >= 15 is 0 Å². The molecular formula is C14H20N2O2. The molecular weight excluding hydrogens is 228 g/mol. The lowest BCUT2D eigenvalue weighted by molar-refractivity contribution is -0.157. The van der Waals surface area contributed by atoms with Crippen molar-refractivity contribution in [2.45, 2.75) is 44.2 Å². The molecule has 0 radical (unpaired) electrons. The van der Waals surface area contributed by atoms with E-state index in [1.807, 2.05) is 6.92 Å².